The smallest absolute Gasteiger partial charge is 0.323 e. The van der Waals surface area contributed by atoms with Crippen molar-refractivity contribution in [2.24, 2.45) is 5.92 Å². The third kappa shape index (κ3) is 3.59. The molecule has 1 aromatic rings. The number of halogens is 1. The molecule has 1 heterocycles. The van der Waals surface area contributed by atoms with Crippen LogP contribution in [0.4, 0.5) is 10.1 Å². The molecule has 2 aliphatic rings. The van der Waals surface area contributed by atoms with E-state index in [-0.39, 0.29) is 30.5 Å². The Morgan fingerprint density at radius 2 is 2.12 bits per heavy atom. The van der Waals surface area contributed by atoms with Crippen LogP contribution >= 0.6 is 0 Å². The summed E-state index contributed by atoms with van der Waals surface area (Å²) in [5.41, 5.74) is 0.425. The lowest BCUT2D eigenvalue weighted by Gasteiger charge is -2.32. The zero-order chi connectivity index (χ0) is 17.1. The quantitative estimate of drug-likeness (QED) is 0.860. The minimum atomic E-state index is -0.395. The van der Waals surface area contributed by atoms with E-state index >= 15 is 0 Å². The Balaban J connectivity index is 1.70. The Morgan fingerprint density at radius 3 is 2.88 bits per heavy atom. The number of fused-ring (bicyclic) bond motifs is 1. The van der Waals surface area contributed by atoms with E-state index < -0.39 is 5.82 Å². The molecule has 6 heteroatoms. The van der Waals surface area contributed by atoms with E-state index in [9.17, 15) is 14.0 Å². The number of rotatable bonds is 4. The van der Waals surface area contributed by atoms with Gasteiger partial charge in [-0.15, -0.1) is 0 Å². The zero-order valence-corrected chi connectivity index (χ0v) is 13.8. The number of nitrogens with one attached hydrogen (secondary N) is 1. The second-order valence-corrected chi connectivity index (χ2v) is 6.62. The third-order valence-corrected chi connectivity index (χ3v) is 5.13. The van der Waals surface area contributed by atoms with E-state index in [4.69, 9.17) is 4.74 Å². The summed E-state index contributed by atoms with van der Waals surface area (Å²) in [6, 6.07) is 5.70. The summed E-state index contributed by atoms with van der Waals surface area (Å²) in [5, 5.41) is 2.71. The summed E-state index contributed by atoms with van der Waals surface area (Å²) in [7, 11) is 1.38. The normalized spacial score (nSPS) is 26.7. The van der Waals surface area contributed by atoms with E-state index in [0.717, 1.165) is 25.7 Å². The molecule has 2 fully saturated rings. The van der Waals surface area contributed by atoms with Crippen LogP contribution in [-0.4, -0.2) is 42.5 Å². The second kappa shape index (κ2) is 7.30. The Hall–Kier alpha value is -1.95. The highest BCUT2D eigenvalue weighted by atomic mass is 19.1. The number of carbonyl (C=O) groups excluding carboxylic acids is 2. The number of methoxy groups -OCH3 is 1. The first-order valence-corrected chi connectivity index (χ1v) is 8.47. The van der Waals surface area contributed by atoms with Crippen LogP contribution in [0.15, 0.2) is 24.3 Å². The lowest BCUT2D eigenvalue weighted by molar-refractivity contribution is -0.146. The van der Waals surface area contributed by atoms with Crippen molar-refractivity contribution in [2.75, 3.05) is 19.0 Å². The van der Waals surface area contributed by atoms with Crippen molar-refractivity contribution in [3.05, 3.63) is 30.1 Å². The van der Waals surface area contributed by atoms with Crippen molar-refractivity contribution in [1.82, 2.24) is 4.90 Å². The largest absolute Gasteiger partial charge is 0.468 e. The van der Waals surface area contributed by atoms with Crippen LogP contribution < -0.4 is 5.32 Å². The van der Waals surface area contributed by atoms with Gasteiger partial charge in [-0.25, -0.2) is 4.39 Å². The molecular formula is C18H23FN2O3. The fourth-order valence-corrected chi connectivity index (χ4v) is 4.08. The highest BCUT2D eigenvalue weighted by Crippen LogP contribution is 2.39. The number of carbonyl (C=O) groups is 2. The number of amides is 1. The summed E-state index contributed by atoms with van der Waals surface area (Å²) in [4.78, 5) is 26.5. The van der Waals surface area contributed by atoms with Gasteiger partial charge in [0.2, 0.25) is 5.91 Å². The first kappa shape index (κ1) is 16.9. The van der Waals surface area contributed by atoms with E-state index in [2.05, 4.69) is 5.32 Å². The highest BCUT2D eigenvalue weighted by molar-refractivity contribution is 5.92. The van der Waals surface area contributed by atoms with Crippen molar-refractivity contribution in [1.29, 1.82) is 0 Å². The maximum atomic E-state index is 13.2. The predicted octanol–water partition coefficient (Wildman–Crippen LogP) is 2.57. The van der Waals surface area contributed by atoms with Crippen molar-refractivity contribution >= 4 is 17.6 Å². The van der Waals surface area contributed by atoms with Crippen LogP contribution in [0.1, 0.15) is 32.1 Å². The van der Waals surface area contributed by atoms with Gasteiger partial charge in [-0.05, 0) is 43.4 Å². The van der Waals surface area contributed by atoms with Crippen LogP contribution in [-0.2, 0) is 14.3 Å². The maximum absolute atomic E-state index is 13.2. The molecule has 1 aliphatic carbocycles. The van der Waals surface area contributed by atoms with E-state index in [1.807, 2.05) is 4.90 Å². The Morgan fingerprint density at radius 1 is 1.33 bits per heavy atom. The molecule has 5 nitrogen and oxygen atoms in total. The van der Waals surface area contributed by atoms with Gasteiger partial charge < -0.3 is 10.1 Å². The molecule has 0 bridgehead atoms. The van der Waals surface area contributed by atoms with Gasteiger partial charge in [0, 0.05) is 11.7 Å². The lowest BCUT2D eigenvalue weighted by atomic mass is 9.85. The molecule has 1 amide bonds. The molecule has 0 radical (unpaired) electrons. The molecule has 0 unspecified atom stereocenters. The Bertz CT molecular complexity index is 622. The summed E-state index contributed by atoms with van der Waals surface area (Å²) < 4.78 is 18.2. The third-order valence-electron chi connectivity index (χ3n) is 5.13. The zero-order valence-electron chi connectivity index (χ0n) is 13.8. The topological polar surface area (TPSA) is 58.6 Å². The molecule has 130 valence electrons. The number of likely N-dealkylation sites (tertiary alicyclic amines) is 1. The summed E-state index contributed by atoms with van der Waals surface area (Å²) in [5.74, 6) is -0.456. The lowest BCUT2D eigenvalue weighted by Crippen LogP contribution is -2.46. The SMILES string of the molecule is COC(=O)[C@@H]1C[C@@H]2CCCC[C@H]2N1CC(=O)Nc1cccc(F)c1. The van der Waals surface area contributed by atoms with E-state index in [0.29, 0.717) is 11.6 Å². The summed E-state index contributed by atoms with van der Waals surface area (Å²) in [6.07, 6.45) is 5.16. The van der Waals surface area contributed by atoms with Gasteiger partial charge in [-0.3, -0.25) is 14.5 Å². The van der Waals surface area contributed by atoms with Crippen LogP contribution in [0.3, 0.4) is 0 Å². The Labute approximate surface area is 141 Å². The minimum Gasteiger partial charge on any atom is -0.468 e. The molecule has 1 aliphatic heterocycles. The summed E-state index contributed by atoms with van der Waals surface area (Å²) >= 11 is 0. The van der Waals surface area contributed by atoms with Crippen molar-refractivity contribution < 1.29 is 18.7 Å². The van der Waals surface area contributed by atoms with Crippen LogP contribution in [0.5, 0.6) is 0 Å². The number of hydrogen-bond donors (Lipinski definition) is 1. The number of nitrogens with zero attached hydrogens (tertiary/aromatic N) is 1. The molecular weight excluding hydrogens is 311 g/mol. The molecule has 1 N–H and O–H groups in total. The van der Waals surface area contributed by atoms with E-state index in [1.54, 1.807) is 12.1 Å². The molecule has 3 rings (SSSR count). The fraction of sp³-hybridized carbons (Fsp3) is 0.556. The average Bonchev–Trinajstić information content (AvgIpc) is 2.93. The molecule has 1 aromatic carbocycles. The van der Waals surface area contributed by atoms with Gasteiger partial charge in [-0.2, -0.15) is 0 Å². The minimum absolute atomic E-state index is 0.122. The molecule has 1 saturated carbocycles. The van der Waals surface area contributed by atoms with Gasteiger partial charge in [-0.1, -0.05) is 18.9 Å². The highest BCUT2D eigenvalue weighted by Gasteiger charge is 2.46. The van der Waals surface area contributed by atoms with Gasteiger partial charge in [0.25, 0.3) is 0 Å². The van der Waals surface area contributed by atoms with Gasteiger partial charge in [0.15, 0.2) is 0 Å². The number of ether oxygens (including phenoxy) is 1. The number of anilines is 1. The van der Waals surface area contributed by atoms with Crippen molar-refractivity contribution in [3.8, 4) is 0 Å². The van der Waals surface area contributed by atoms with Crippen LogP contribution in [0.25, 0.3) is 0 Å². The van der Waals surface area contributed by atoms with Gasteiger partial charge in [0.05, 0.1) is 13.7 Å². The monoisotopic (exact) mass is 334 g/mol. The molecule has 24 heavy (non-hydrogen) atoms. The standard InChI is InChI=1S/C18H23FN2O3/c1-24-18(23)16-9-12-5-2-3-8-15(12)21(16)11-17(22)20-14-7-4-6-13(19)10-14/h4,6-7,10,12,15-16H,2-3,5,8-9,11H2,1H3,(H,20,22)/t12-,15+,16-/m0/s1. The average molecular weight is 334 g/mol. The maximum Gasteiger partial charge on any atom is 0.323 e. The second-order valence-electron chi connectivity index (χ2n) is 6.62. The van der Waals surface area contributed by atoms with E-state index in [1.165, 1.54) is 25.7 Å². The molecule has 0 aromatic heterocycles. The number of hydrogen-bond acceptors (Lipinski definition) is 4. The van der Waals surface area contributed by atoms with Crippen molar-refractivity contribution in [2.45, 2.75) is 44.2 Å². The van der Waals surface area contributed by atoms with Gasteiger partial charge >= 0.3 is 5.97 Å². The van der Waals surface area contributed by atoms with Crippen LogP contribution in [0, 0.1) is 11.7 Å². The van der Waals surface area contributed by atoms with Gasteiger partial charge in [0.1, 0.15) is 11.9 Å². The fourth-order valence-electron chi connectivity index (χ4n) is 4.08. The molecule has 0 spiro atoms. The molecule has 3 atom stereocenters. The number of esters is 1. The molecule has 1 saturated heterocycles. The summed E-state index contributed by atoms with van der Waals surface area (Å²) in [6.45, 7) is 0.122. The van der Waals surface area contributed by atoms with Crippen LogP contribution in [0.2, 0.25) is 0 Å². The predicted molar refractivity (Wildman–Crippen MR) is 87.9 cm³/mol. The van der Waals surface area contributed by atoms with Crippen molar-refractivity contribution in [3.63, 3.8) is 0 Å². The number of benzene rings is 1. The first-order valence-electron chi connectivity index (χ1n) is 8.47. The Kier molecular flexibility index (Phi) is 5.14. The first-order chi connectivity index (χ1) is 11.6.